The number of hydrogen-bond donors (Lipinski definition) is 1. The van der Waals surface area contributed by atoms with Gasteiger partial charge in [-0.3, -0.25) is 4.79 Å². The Labute approximate surface area is 158 Å². The van der Waals surface area contributed by atoms with Crippen molar-refractivity contribution in [3.8, 4) is 22.3 Å². The zero-order chi connectivity index (χ0) is 17.8. The summed E-state index contributed by atoms with van der Waals surface area (Å²) in [6.45, 7) is 0.224. The van der Waals surface area contributed by atoms with Gasteiger partial charge in [0.1, 0.15) is 0 Å². The maximum atomic E-state index is 12.1. The Kier molecular flexibility index (Phi) is 5.12. The molecule has 0 bridgehead atoms. The number of thiazole rings is 1. The van der Waals surface area contributed by atoms with E-state index in [1.165, 1.54) is 0 Å². The van der Waals surface area contributed by atoms with E-state index < -0.39 is 0 Å². The Morgan fingerprint density at radius 3 is 3.08 bits per heavy atom. The van der Waals surface area contributed by atoms with E-state index in [0.717, 1.165) is 28.0 Å². The zero-order valence-corrected chi connectivity index (χ0v) is 15.4. The van der Waals surface area contributed by atoms with Crippen LogP contribution in [0.2, 0.25) is 0 Å². The van der Waals surface area contributed by atoms with Crippen LogP contribution in [0.25, 0.3) is 10.8 Å². The summed E-state index contributed by atoms with van der Waals surface area (Å²) in [5.74, 6) is 3.63. The first-order chi connectivity index (χ1) is 12.8. The minimum absolute atomic E-state index is 0.0223. The largest absolute Gasteiger partial charge is 0.462 e. The second-order valence-corrected chi connectivity index (χ2v) is 7.50. The number of carbonyl (C=O) groups excluding carboxylic acids is 1. The molecule has 0 aliphatic carbocycles. The molecule has 0 atom stereocenters. The van der Waals surface area contributed by atoms with Gasteiger partial charge in [0.25, 0.3) is 0 Å². The molecule has 1 aliphatic heterocycles. The van der Waals surface area contributed by atoms with Crippen molar-refractivity contribution < 1.29 is 18.7 Å². The number of rotatable bonds is 7. The SMILES string of the molecule is O=C(CCSCc1csc(-c2ccco2)n1)Nc1ccc2c(c1)OCO2. The van der Waals surface area contributed by atoms with Crippen LogP contribution in [-0.2, 0) is 10.5 Å². The minimum Gasteiger partial charge on any atom is -0.462 e. The summed E-state index contributed by atoms with van der Waals surface area (Å²) in [5.41, 5.74) is 1.72. The van der Waals surface area contributed by atoms with E-state index in [9.17, 15) is 4.79 Å². The van der Waals surface area contributed by atoms with Gasteiger partial charge < -0.3 is 19.2 Å². The number of amides is 1. The Morgan fingerprint density at radius 1 is 1.27 bits per heavy atom. The summed E-state index contributed by atoms with van der Waals surface area (Å²) in [6, 6.07) is 9.13. The van der Waals surface area contributed by atoms with Gasteiger partial charge in [0, 0.05) is 35.1 Å². The predicted molar refractivity (Wildman–Crippen MR) is 102 cm³/mol. The third-order valence-electron chi connectivity index (χ3n) is 3.66. The molecule has 1 aliphatic rings. The molecule has 1 amide bonds. The molecule has 0 saturated heterocycles. The Balaban J connectivity index is 1.20. The Morgan fingerprint density at radius 2 is 2.19 bits per heavy atom. The molecule has 0 unspecified atom stereocenters. The fourth-order valence-electron chi connectivity index (χ4n) is 2.43. The number of anilines is 1. The van der Waals surface area contributed by atoms with E-state index >= 15 is 0 Å². The standard InChI is InChI=1S/C18H16N2O4S2/c21-17(19-12-3-4-14-16(8-12)24-11-23-14)5-7-25-9-13-10-26-18(20-13)15-2-1-6-22-15/h1-4,6,8,10H,5,7,9,11H2,(H,19,21). The molecule has 26 heavy (non-hydrogen) atoms. The highest BCUT2D eigenvalue weighted by atomic mass is 32.2. The summed E-state index contributed by atoms with van der Waals surface area (Å²) < 4.78 is 15.9. The third kappa shape index (κ3) is 4.03. The lowest BCUT2D eigenvalue weighted by atomic mass is 10.2. The van der Waals surface area contributed by atoms with Crippen LogP contribution in [0.1, 0.15) is 12.1 Å². The van der Waals surface area contributed by atoms with E-state index in [0.29, 0.717) is 23.6 Å². The molecule has 0 saturated carbocycles. The van der Waals surface area contributed by atoms with Crippen LogP contribution in [-0.4, -0.2) is 23.4 Å². The number of aromatic nitrogens is 1. The maximum Gasteiger partial charge on any atom is 0.231 e. The number of furan rings is 1. The molecule has 1 N–H and O–H groups in total. The summed E-state index contributed by atoms with van der Waals surface area (Å²) in [7, 11) is 0. The smallest absolute Gasteiger partial charge is 0.231 e. The van der Waals surface area contributed by atoms with Crippen LogP contribution >= 0.6 is 23.1 Å². The van der Waals surface area contributed by atoms with E-state index in [-0.39, 0.29) is 12.7 Å². The Hall–Kier alpha value is -2.45. The lowest BCUT2D eigenvalue weighted by Crippen LogP contribution is -2.12. The first-order valence-corrected chi connectivity index (χ1v) is 10.1. The molecule has 4 rings (SSSR count). The van der Waals surface area contributed by atoms with Gasteiger partial charge in [-0.25, -0.2) is 4.98 Å². The van der Waals surface area contributed by atoms with E-state index in [1.54, 1.807) is 41.5 Å². The fraction of sp³-hybridized carbons (Fsp3) is 0.222. The number of fused-ring (bicyclic) bond motifs is 1. The molecule has 1 aromatic carbocycles. The molecule has 3 heterocycles. The molecule has 0 radical (unpaired) electrons. The van der Waals surface area contributed by atoms with Crippen molar-refractivity contribution in [2.24, 2.45) is 0 Å². The van der Waals surface area contributed by atoms with Crippen LogP contribution in [0.3, 0.4) is 0 Å². The van der Waals surface area contributed by atoms with Gasteiger partial charge in [0.05, 0.1) is 12.0 Å². The highest BCUT2D eigenvalue weighted by Gasteiger charge is 2.14. The van der Waals surface area contributed by atoms with Crippen molar-refractivity contribution in [1.82, 2.24) is 4.98 Å². The van der Waals surface area contributed by atoms with Gasteiger partial charge in [-0.1, -0.05) is 0 Å². The topological polar surface area (TPSA) is 73.6 Å². The molecule has 3 aromatic rings. The summed E-state index contributed by atoms with van der Waals surface area (Å²) in [4.78, 5) is 16.6. The minimum atomic E-state index is -0.0223. The van der Waals surface area contributed by atoms with Crippen molar-refractivity contribution in [1.29, 1.82) is 0 Å². The van der Waals surface area contributed by atoms with Crippen LogP contribution < -0.4 is 14.8 Å². The van der Waals surface area contributed by atoms with Crippen LogP contribution in [0.4, 0.5) is 5.69 Å². The van der Waals surface area contributed by atoms with E-state index in [1.807, 2.05) is 23.6 Å². The number of carbonyl (C=O) groups is 1. The van der Waals surface area contributed by atoms with Crippen LogP contribution in [0, 0.1) is 0 Å². The summed E-state index contributed by atoms with van der Waals surface area (Å²) in [5, 5.41) is 5.79. The number of ether oxygens (including phenoxy) is 2. The average Bonchev–Trinajstić information content (AvgIpc) is 3.38. The highest BCUT2D eigenvalue weighted by molar-refractivity contribution is 7.98. The van der Waals surface area contributed by atoms with Crippen molar-refractivity contribution in [2.75, 3.05) is 17.9 Å². The molecular formula is C18H16N2O4S2. The summed E-state index contributed by atoms with van der Waals surface area (Å²) in [6.07, 6.45) is 2.08. The van der Waals surface area contributed by atoms with Crippen LogP contribution in [0.5, 0.6) is 11.5 Å². The average molecular weight is 388 g/mol. The second-order valence-electron chi connectivity index (χ2n) is 5.54. The van der Waals surface area contributed by atoms with E-state index in [2.05, 4.69) is 10.3 Å². The normalized spacial score (nSPS) is 12.3. The van der Waals surface area contributed by atoms with Crippen molar-refractivity contribution in [3.63, 3.8) is 0 Å². The number of hydrogen-bond acceptors (Lipinski definition) is 7. The quantitative estimate of drug-likeness (QED) is 0.605. The van der Waals surface area contributed by atoms with Gasteiger partial charge in [-0.2, -0.15) is 11.8 Å². The van der Waals surface area contributed by atoms with Crippen molar-refractivity contribution >= 4 is 34.7 Å². The first kappa shape index (κ1) is 17.0. The Bertz CT molecular complexity index is 892. The van der Waals surface area contributed by atoms with Crippen molar-refractivity contribution in [3.05, 3.63) is 47.7 Å². The lowest BCUT2D eigenvalue weighted by Gasteiger charge is -2.06. The molecule has 2 aromatic heterocycles. The monoisotopic (exact) mass is 388 g/mol. The molecule has 6 nitrogen and oxygen atoms in total. The maximum absolute atomic E-state index is 12.1. The number of nitrogens with one attached hydrogen (secondary N) is 1. The third-order valence-corrected chi connectivity index (χ3v) is 5.56. The molecular weight excluding hydrogens is 372 g/mol. The zero-order valence-electron chi connectivity index (χ0n) is 13.8. The van der Waals surface area contributed by atoms with Gasteiger partial charge >= 0.3 is 0 Å². The molecule has 0 spiro atoms. The van der Waals surface area contributed by atoms with Gasteiger partial charge in [-0.05, 0) is 24.3 Å². The second kappa shape index (κ2) is 7.84. The van der Waals surface area contributed by atoms with Crippen molar-refractivity contribution in [2.45, 2.75) is 12.2 Å². The molecule has 134 valence electrons. The molecule has 8 heteroatoms. The van der Waals surface area contributed by atoms with Gasteiger partial charge in [0.2, 0.25) is 12.7 Å². The van der Waals surface area contributed by atoms with Crippen LogP contribution in [0.15, 0.2) is 46.4 Å². The van der Waals surface area contributed by atoms with Gasteiger partial charge in [0.15, 0.2) is 22.3 Å². The number of benzene rings is 1. The molecule has 0 fully saturated rings. The lowest BCUT2D eigenvalue weighted by molar-refractivity contribution is -0.115. The predicted octanol–water partition coefficient (Wildman–Crippen LogP) is 4.39. The number of thioether (sulfide) groups is 1. The first-order valence-electron chi connectivity index (χ1n) is 8.03. The highest BCUT2D eigenvalue weighted by Crippen LogP contribution is 2.34. The van der Waals surface area contributed by atoms with Gasteiger partial charge in [-0.15, -0.1) is 11.3 Å². The van der Waals surface area contributed by atoms with E-state index in [4.69, 9.17) is 13.9 Å². The fourth-order valence-corrected chi connectivity index (χ4v) is 4.15. The summed E-state index contributed by atoms with van der Waals surface area (Å²) >= 11 is 3.25. The number of nitrogens with zero attached hydrogens (tertiary/aromatic N) is 1.